The summed E-state index contributed by atoms with van der Waals surface area (Å²) in [4.78, 5) is 18.0. The Kier molecular flexibility index (Phi) is 15.6. The molecule has 2 aromatic rings. The van der Waals surface area contributed by atoms with E-state index in [1.165, 1.54) is 44.1 Å². The summed E-state index contributed by atoms with van der Waals surface area (Å²) in [7, 11) is 0. The van der Waals surface area contributed by atoms with Crippen LogP contribution < -0.4 is 21.5 Å². The molecule has 1 atom stereocenters. The maximum absolute atomic E-state index is 14.6. The molecule has 278 valence electrons. The second kappa shape index (κ2) is 19.1. The third-order valence-electron chi connectivity index (χ3n) is 11.0. The third kappa shape index (κ3) is 11.2. The first-order valence-corrected chi connectivity index (χ1v) is 18.7. The van der Waals surface area contributed by atoms with Gasteiger partial charge in [-0.05, 0) is 113 Å². The molecule has 0 radical (unpaired) electrons. The van der Waals surface area contributed by atoms with E-state index in [1.807, 2.05) is 19.9 Å². The standard InChI is InChI=1S/C28H37FN4O.C12H25N.CH3NO/c1-5-34-27-13-11-23(19-25(27)29)26(18-20(2)3)33-17-16-32(21(33)4)15-7-9-24-12-10-22-8-6-14-30-28(22)31-24;1-11(2,12(3,4)13)10-8-6-5-7-9-10;2-1-3/h10-13,19,26H,2,4-9,14-18H2,1,3H3,(H,30,31);10H,5-9,13H2,1-4H3;1H,(H2,2,3)/t26-;;/m0../s1. The molecule has 1 aliphatic carbocycles. The number of benzene rings is 1. The van der Waals surface area contributed by atoms with Gasteiger partial charge in [0.05, 0.1) is 18.5 Å². The van der Waals surface area contributed by atoms with Crippen LogP contribution >= 0.6 is 0 Å². The molecule has 0 bridgehead atoms. The summed E-state index contributed by atoms with van der Waals surface area (Å²) >= 11 is 0. The number of halogens is 1. The van der Waals surface area contributed by atoms with Crippen molar-refractivity contribution in [1.29, 1.82) is 0 Å². The van der Waals surface area contributed by atoms with Gasteiger partial charge < -0.3 is 31.3 Å². The van der Waals surface area contributed by atoms with Gasteiger partial charge in [-0.2, -0.15) is 0 Å². The number of rotatable bonds is 12. The van der Waals surface area contributed by atoms with Crippen LogP contribution in [-0.2, 0) is 17.6 Å². The van der Waals surface area contributed by atoms with E-state index in [2.05, 4.69) is 73.8 Å². The maximum Gasteiger partial charge on any atom is 0.204 e. The SMILES string of the molecule is C=C(C)C[C@@H](c1ccc(OCC)c(F)c1)N1CCN(CCCc2ccc3c(n2)NCCC3)C1=C.CC(C)(N)C(C)(C)C1CCCCC1.NC=O. The molecular formula is C41H65FN6O2. The lowest BCUT2D eigenvalue weighted by Gasteiger charge is -2.46. The number of hydrogen-bond donors (Lipinski definition) is 3. The molecule has 5 N–H and O–H groups in total. The van der Waals surface area contributed by atoms with Crippen LogP contribution in [-0.4, -0.2) is 59.5 Å². The van der Waals surface area contributed by atoms with E-state index >= 15 is 0 Å². The highest BCUT2D eigenvalue weighted by atomic mass is 19.1. The van der Waals surface area contributed by atoms with E-state index in [4.69, 9.17) is 20.2 Å². The van der Waals surface area contributed by atoms with Crippen LogP contribution in [0.1, 0.15) is 116 Å². The summed E-state index contributed by atoms with van der Waals surface area (Å²) in [6, 6.07) is 9.70. The van der Waals surface area contributed by atoms with Gasteiger partial charge >= 0.3 is 0 Å². The van der Waals surface area contributed by atoms with E-state index in [0.717, 1.165) is 86.2 Å². The smallest absolute Gasteiger partial charge is 0.204 e. The van der Waals surface area contributed by atoms with Crippen molar-refractivity contribution in [3.63, 3.8) is 0 Å². The summed E-state index contributed by atoms with van der Waals surface area (Å²) < 4.78 is 20.0. The maximum atomic E-state index is 14.6. The summed E-state index contributed by atoms with van der Waals surface area (Å²) in [6.45, 7) is 25.6. The van der Waals surface area contributed by atoms with E-state index in [-0.39, 0.29) is 29.2 Å². The van der Waals surface area contributed by atoms with Crippen LogP contribution in [0.3, 0.4) is 0 Å². The number of nitrogens with two attached hydrogens (primary N) is 2. The van der Waals surface area contributed by atoms with Gasteiger partial charge in [-0.3, -0.25) is 4.79 Å². The molecule has 1 aromatic carbocycles. The number of anilines is 1. The Morgan fingerprint density at radius 3 is 2.46 bits per heavy atom. The Bertz CT molecular complexity index is 1400. The number of aromatic nitrogens is 1. The number of nitrogens with zero attached hydrogens (tertiary/aromatic N) is 3. The van der Waals surface area contributed by atoms with Crippen molar-refractivity contribution in [1.82, 2.24) is 14.8 Å². The molecule has 2 aliphatic heterocycles. The Hall–Kier alpha value is -3.59. The Balaban J connectivity index is 0.000000352. The van der Waals surface area contributed by atoms with Crippen molar-refractivity contribution >= 4 is 12.2 Å². The van der Waals surface area contributed by atoms with Crippen LogP contribution in [0.5, 0.6) is 5.75 Å². The fraction of sp³-hybridized carbons (Fsp3) is 0.610. The first-order chi connectivity index (χ1) is 23.7. The number of carbonyl (C=O) groups excluding carboxylic acids is 1. The minimum absolute atomic E-state index is 0.00793. The summed E-state index contributed by atoms with van der Waals surface area (Å²) in [5, 5.41) is 3.42. The van der Waals surface area contributed by atoms with E-state index < -0.39 is 0 Å². The Morgan fingerprint density at radius 2 is 1.84 bits per heavy atom. The van der Waals surface area contributed by atoms with Crippen molar-refractivity contribution in [2.24, 2.45) is 22.8 Å². The second-order valence-electron chi connectivity index (χ2n) is 15.3. The van der Waals surface area contributed by atoms with Crippen molar-refractivity contribution < 1.29 is 13.9 Å². The first-order valence-electron chi connectivity index (χ1n) is 18.7. The minimum Gasteiger partial charge on any atom is -0.491 e. The fourth-order valence-corrected chi connectivity index (χ4v) is 7.29. The molecule has 1 aromatic heterocycles. The predicted octanol–water partition coefficient (Wildman–Crippen LogP) is 8.14. The number of primary amides is 1. The Labute approximate surface area is 301 Å². The van der Waals surface area contributed by atoms with Crippen molar-refractivity contribution in [2.45, 2.75) is 117 Å². The van der Waals surface area contributed by atoms with E-state index in [9.17, 15) is 4.39 Å². The molecule has 1 amide bonds. The zero-order valence-electron chi connectivity index (χ0n) is 31.8. The largest absolute Gasteiger partial charge is 0.491 e. The summed E-state index contributed by atoms with van der Waals surface area (Å²) in [5.74, 6) is 2.88. The highest BCUT2D eigenvalue weighted by Gasteiger charge is 2.40. The number of carbonyl (C=O) groups is 1. The lowest BCUT2D eigenvalue weighted by molar-refractivity contribution is -0.106. The fourth-order valence-electron chi connectivity index (χ4n) is 7.29. The number of ether oxygens (including phenoxy) is 1. The van der Waals surface area contributed by atoms with Crippen molar-refractivity contribution in [3.05, 3.63) is 77.5 Å². The van der Waals surface area contributed by atoms with Crippen LogP contribution in [0.4, 0.5) is 10.2 Å². The molecule has 5 rings (SSSR count). The van der Waals surface area contributed by atoms with E-state index in [0.29, 0.717) is 12.4 Å². The van der Waals surface area contributed by atoms with Crippen LogP contribution in [0.2, 0.25) is 0 Å². The van der Waals surface area contributed by atoms with Crippen LogP contribution in [0, 0.1) is 17.2 Å². The number of amides is 1. The van der Waals surface area contributed by atoms with Crippen molar-refractivity contribution in [3.8, 4) is 5.75 Å². The highest BCUT2D eigenvalue weighted by molar-refractivity contribution is 5.47. The average Bonchev–Trinajstić information content (AvgIpc) is 3.44. The quantitative estimate of drug-likeness (QED) is 0.152. The lowest BCUT2D eigenvalue weighted by Crippen LogP contribution is -2.51. The van der Waals surface area contributed by atoms with Crippen molar-refractivity contribution in [2.75, 3.05) is 38.1 Å². The minimum atomic E-state index is -0.320. The van der Waals surface area contributed by atoms with Crippen LogP contribution in [0.15, 0.2) is 54.9 Å². The van der Waals surface area contributed by atoms with Crippen LogP contribution in [0.25, 0.3) is 0 Å². The normalized spacial score (nSPS) is 17.0. The second-order valence-corrected chi connectivity index (χ2v) is 15.3. The van der Waals surface area contributed by atoms with Gasteiger partial charge in [0.15, 0.2) is 11.6 Å². The van der Waals surface area contributed by atoms with Gasteiger partial charge in [0.25, 0.3) is 0 Å². The van der Waals surface area contributed by atoms with Gasteiger partial charge in [-0.15, -0.1) is 6.58 Å². The van der Waals surface area contributed by atoms with E-state index in [1.54, 1.807) is 12.1 Å². The highest BCUT2D eigenvalue weighted by Crippen LogP contribution is 2.44. The molecule has 2 fully saturated rings. The number of hydrogen-bond acceptors (Lipinski definition) is 7. The number of nitrogens with one attached hydrogen (secondary N) is 1. The predicted molar refractivity (Wildman–Crippen MR) is 205 cm³/mol. The first kappa shape index (κ1) is 40.8. The third-order valence-corrected chi connectivity index (χ3v) is 11.0. The molecular weight excluding hydrogens is 627 g/mol. The van der Waals surface area contributed by atoms with Gasteiger partial charge in [-0.25, -0.2) is 9.37 Å². The average molecular weight is 693 g/mol. The molecule has 50 heavy (non-hydrogen) atoms. The number of pyridine rings is 1. The monoisotopic (exact) mass is 693 g/mol. The zero-order chi connectivity index (χ0) is 36.9. The molecule has 3 aliphatic rings. The molecule has 1 saturated heterocycles. The van der Waals surface area contributed by atoms with Gasteiger partial charge in [0, 0.05) is 37.4 Å². The lowest BCUT2D eigenvalue weighted by atomic mass is 9.62. The molecule has 9 heteroatoms. The van der Waals surface area contributed by atoms with Gasteiger partial charge in [-0.1, -0.05) is 57.4 Å². The summed E-state index contributed by atoms with van der Waals surface area (Å²) in [5.41, 5.74) is 15.1. The molecule has 0 spiro atoms. The van der Waals surface area contributed by atoms with Gasteiger partial charge in [0.1, 0.15) is 5.82 Å². The molecule has 1 saturated carbocycles. The molecule has 0 unspecified atom stereocenters. The Morgan fingerprint density at radius 1 is 1.14 bits per heavy atom. The molecule has 3 heterocycles. The van der Waals surface area contributed by atoms with Gasteiger partial charge in [0.2, 0.25) is 6.41 Å². The molecule has 8 nitrogen and oxygen atoms in total. The summed E-state index contributed by atoms with van der Waals surface area (Å²) in [6.07, 6.45) is 12.3. The number of aryl methyl sites for hydroxylation is 2. The topological polar surface area (TPSA) is 110 Å². The zero-order valence-corrected chi connectivity index (χ0v) is 31.8. The number of fused-ring (bicyclic) bond motifs is 1.